The van der Waals surface area contributed by atoms with Gasteiger partial charge in [-0.25, -0.2) is 4.79 Å². The number of hydrogen-bond acceptors (Lipinski definition) is 2. The molecule has 2 amide bonds. The number of nitrogens with one attached hydrogen (secondary N) is 1. The fourth-order valence-electron chi connectivity index (χ4n) is 3.24. The lowest BCUT2D eigenvalue weighted by atomic mass is 10.0. The predicted molar refractivity (Wildman–Crippen MR) is 100 cm³/mol. The second-order valence-electron chi connectivity index (χ2n) is 6.67. The highest BCUT2D eigenvalue weighted by Crippen LogP contribution is 2.25. The SMILES string of the molecule is Cc1ccc(C)c(OCCNC(=O)N2CCc3ccccc3C2)c1C. The average molecular weight is 338 g/mol. The Kier molecular flexibility index (Phi) is 5.27. The molecule has 2 aromatic rings. The van der Waals surface area contributed by atoms with E-state index in [4.69, 9.17) is 4.74 Å². The van der Waals surface area contributed by atoms with Crippen LogP contribution in [0.25, 0.3) is 0 Å². The second kappa shape index (κ2) is 7.60. The minimum atomic E-state index is -0.0178. The largest absolute Gasteiger partial charge is 0.491 e. The molecule has 1 aliphatic heterocycles. The highest BCUT2D eigenvalue weighted by atomic mass is 16.5. The highest BCUT2D eigenvalue weighted by molar-refractivity contribution is 5.74. The van der Waals surface area contributed by atoms with E-state index in [2.05, 4.69) is 49.5 Å². The topological polar surface area (TPSA) is 41.6 Å². The smallest absolute Gasteiger partial charge is 0.317 e. The lowest BCUT2D eigenvalue weighted by molar-refractivity contribution is 0.189. The van der Waals surface area contributed by atoms with Crippen LogP contribution in [0.4, 0.5) is 4.79 Å². The molecule has 4 heteroatoms. The van der Waals surface area contributed by atoms with Gasteiger partial charge in [0.1, 0.15) is 12.4 Å². The summed E-state index contributed by atoms with van der Waals surface area (Å²) >= 11 is 0. The van der Waals surface area contributed by atoms with E-state index in [0.717, 1.165) is 24.3 Å². The second-order valence-corrected chi connectivity index (χ2v) is 6.67. The minimum Gasteiger partial charge on any atom is -0.491 e. The van der Waals surface area contributed by atoms with Crippen molar-refractivity contribution in [1.82, 2.24) is 10.2 Å². The van der Waals surface area contributed by atoms with Crippen LogP contribution in [0.3, 0.4) is 0 Å². The number of amides is 2. The molecule has 0 radical (unpaired) electrons. The molecular weight excluding hydrogens is 312 g/mol. The Labute approximate surface area is 149 Å². The van der Waals surface area contributed by atoms with Gasteiger partial charge in [0.2, 0.25) is 0 Å². The monoisotopic (exact) mass is 338 g/mol. The molecule has 2 aromatic carbocycles. The summed E-state index contributed by atoms with van der Waals surface area (Å²) in [4.78, 5) is 14.2. The molecule has 1 heterocycles. The summed E-state index contributed by atoms with van der Waals surface area (Å²) in [6.07, 6.45) is 0.918. The molecule has 0 atom stereocenters. The molecule has 0 saturated heterocycles. The molecule has 0 saturated carbocycles. The summed E-state index contributed by atoms with van der Waals surface area (Å²) in [6, 6.07) is 12.5. The third-order valence-electron chi connectivity index (χ3n) is 4.92. The van der Waals surface area contributed by atoms with Gasteiger partial charge < -0.3 is 15.0 Å². The van der Waals surface area contributed by atoms with Gasteiger partial charge in [0.15, 0.2) is 0 Å². The van der Waals surface area contributed by atoms with Gasteiger partial charge in [-0.1, -0.05) is 36.4 Å². The zero-order valence-electron chi connectivity index (χ0n) is 15.3. The summed E-state index contributed by atoms with van der Waals surface area (Å²) < 4.78 is 5.91. The number of aryl methyl sites for hydroxylation is 2. The Morgan fingerprint density at radius 1 is 1.08 bits per heavy atom. The van der Waals surface area contributed by atoms with Crippen LogP contribution in [0.15, 0.2) is 36.4 Å². The van der Waals surface area contributed by atoms with Gasteiger partial charge in [0, 0.05) is 13.1 Å². The first kappa shape index (κ1) is 17.3. The van der Waals surface area contributed by atoms with E-state index >= 15 is 0 Å². The van der Waals surface area contributed by atoms with Crippen LogP contribution in [-0.4, -0.2) is 30.6 Å². The van der Waals surface area contributed by atoms with Crippen molar-refractivity contribution in [3.05, 3.63) is 64.2 Å². The molecule has 1 aliphatic rings. The number of fused-ring (bicyclic) bond motifs is 1. The van der Waals surface area contributed by atoms with Gasteiger partial charge in [-0.15, -0.1) is 0 Å². The summed E-state index contributed by atoms with van der Waals surface area (Å²) in [5.74, 6) is 0.932. The first-order valence-electron chi connectivity index (χ1n) is 8.85. The van der Waals surface area contributed by atoms with E-state index in [0.29, 0.717) is 19.7 Å². The van der Waals surface area contributed by atoms with Gasteiger partial charge in [0.25, 0.3) is 0 Å². The number of nitrogens with zero attached hydrogens (tertiary/aromatic N) is 1. The Morgan fingerprint density at radius 3 is 2.60 bits per heavy atom. The fraction of sp³-hybridized carbons (Fsp3) is 0.381. The molecule has 0 bridgehead atoms. The van der Waals surface area contributed by atoms with Crippen molar-refractivity contribution in [3.63, 3.8) is 0 Å². The molecule has 3 rings (SSSR count). The van der Waals surface area contributed by atoms with Gasteiger partial charge in [0.05, 0.1) is 6.54 Å². The van der Waals surface area contributed by atoms with Crippen LogP contribution in [0.1, 0.15) is 27.8 Å². The van der Waals surface area contributed by atoms with Crippen molar-refractivity contribution in [2.24, 2.45) is 0 Å². The first-order valence-corrected chi connectivity index (χ1v) is 8.85. The molecule has 0 aliphatic carbocycles. The fourth-order valence-corrected chi connectivity index (χ4v) is 3.24. The van der Waals surface area contributed by atoms with Crippen LogP contribution in [0.5, 0.6) is 5.75 Å². The van der Waals surface area contributed by atoms with Gasteiger partial charge in [-0.3, -0.25) is 0 Å². The molecule has 4 nitrogen and oxygen atoms in total. The van der Waals surface area contributed by atoms with Crippen molar-refractivity contribution in [1.29, 1.82) is 0 Å². The maximum absolute atomic E-state index is 12.4. The predicted octanol–water partition coefficient (Wildman–Crippen LogP) is 3.76. The Balaban J connectivity index is 1.49. The summed E-state index contributed by atoms with van der Waals surface area (Å²) in [7, 11) is 0. The third-order valence-corrected chi connectivity index (χ3v) is 4.92. The maximum Gasteiger partial charge on any atom is 0.317 e. The maximum atomic E-state index is 12.4. The number of urea groups is 1. The van der Waals surface area contributed by atoms with Crippen LogP contribution in [0, 0.1) is 20.8 Å². The van der Waals surface area contributed by atoms with Crippen LogP contribution in [-0.2, 0) is 13.0 Å². The Bertz CT molecular complexity index is 770. The molecule has 0 fully saturated rings. The van der Waals surface area contributed by atoms with Gasteiger partial charge in [-0.2, -0.15) is 0 Å². The standard InChI is InChI=1S/C21H26N2O2/c1-15-8-9-16(2)20(17(15)3)25-13-11-22-21(24)23-12-10-18-6-4-5-7-19(18)14-23/h4-9H,10-14H2,1-3H3,(H,22,24). The van der Waals surface area contributed by atoms with E-state index in [1.54, 1.807) is 0 Å². The molecule has 1 N–H and O–H groups in total. The van der Waals surface area contributed by atoms with E-state index in [1.807, 2.05) is 17.9 Å². The lowest BCUT2D eigenvalue weighted by Crippen LogP contribution is -2.43. The van der Waals surface area contributed by atoms with Crippen molar-refractivity contribution in [2.75, 3.05) is 19.7 Å². The van der Waals surface area contributed by atoms with E-state index in [-0.39, 0.29) is 6.03 Å². The van der Waals surface area contributed by atoms with Crippen LogP contribution < -0.4 is 10.1 Å². The van der Waals surface area contributed by atoms with Crippen LogP contribution >= 0.6 is 0 Å². The highest BCUT2D eigenvalue weighted by Gasteiger charge is 2.19. The Hall–Kier alpha value is -2.49. The quantitative estimate of drug-likeness (QED) is 0.863. The number of rotatable bonds is 4. The minimum absolute atomic E-state index is 0.0178. The van der Waals surface area contributed by atoms with Gasteiger partial charge >= 0.3 is 6.03 Å². The molecule has 0 spiro atoms. The van der Waals surface area contributed by atoms with Crippen molar-refractivity contribution in [3.8, 4) is 5.75 Å². The number of carbonyl (C=O) groups excluding carboxylic acids is 1. The summed E-state index contributed by atoms with van der Waals surface area (Å²) in [6.45, 7) is 8.62. The first-order chi connectivity index (χ1) is 12.1. The number of hydrogen-bond donors (Lipinski definition) is 1. The normalized spacial score (nSPS) is 13.3. The van der Waals surface area contributed by atoms with E-state index in [1.165, 1.54) is 22.3 Å². The molecule has 0 unspecified atom stereocenters. The Morgan fingerprint density at radius 2 is 1.80 bits per heavy atom. The van der Waals surface area contributed by atoms with Crippen molar-refractivity contribution < 1.29 is 9.53 Å². The molecule has 132 valence electrons. The molecule has 0 aromatic heterocycles. The summed E-state index contributed by atoms with van der Waals surface area (Å²) in [5.41, 5.74) is 6.10. The van der Waals surface area contributed by atoms with Gasteiger partial charge in [-0.05, 0) is 55.0 Å². The lowest BCUT2D eigenvalue weighted by Gasteiger charge is -2.29. The third kappa shape index (κ3) is 3.95. The van der Waals surface area contributed by atoms with Crippen LogP contribution in [0.2, 0.25) is 0 Å². The summed E-state index contributed by atoms with van der Waals surface area (Å²) in [5, 5.41) is 2.97. The van der Waals surface area contributed by atoms with E-state index < -0.39 is 0 Å². The zero-order valence-corrected chi connectivity index (χ0v) is 15.3. The number of carbonyl (C=O) groups is 1. The zero-order chi connectivity index (χ0) is 17.8. The molecule has 25 heavy (non-hydrogen) atoms. The van der Waals surface area contributed by atoms with E-state index in [9.17, 15) is 4.79 Å². The van der Waals surface area contributed by atoms with Crippen molar-refractivity contribution >= 4 is 6.03 Å². The average Bonchev–Trinajstić information content (AvgIpc) is 2.63. The molecular formula is C21H26N2O2. The number of ether oxygens (including phenoxy) is 1. The number of benzene rings is 2. The van der Waals surface area contributed by atoms with Crippen molar-refractivity contribution in [2.45, 2.75) is 33.7 Å².